The molecule has 0 aromatic heterocycles. The lowest BCUT2D eigenvalue weighted by atomic mass is 9.82. The number of aliphatic carboxylic acids is 1. The van der Waals surface area contributed by atoms with Gasteiger partial charge in [0.25, 0.3) is 0 Å². The Morgan fingerprint density at radius 3 is 2.44 bits per heavy atom. The summed E-state index contributed by atoms with van der Waals surface area (Å²) in [6, 6.07) is 12.6. The van der Waals surface area contributed by atoms with E-state index in [2.05, 4.69) is 0 Å². The number of benzene rings is 2. The lowest BCUT2D eigenvalue weighted by Gasteiger charge is -2.29. The van der Waals surface area contributed by atoms with Crippen LogP contribution in [0.1, 0.15) is 43.4 Å². The van der Waals surface area contributed by atoms with E-state index in [0.717, 1.165) is 17.5 Å². The van der Waals surface area contributed by atoms with Crippen LogP contribution in [0.3, 0.4) is 0 Å². The van der Waals surface area contributed by atoms with Crippen molar-refractivity contribution in [2.45, 2.75) is 32.2 Å². The number of ether oxygens (including phenoxy) is 3. The van der Waals surface area contributed by atoms with Gasteiger partial charge < -0.3 is 24.2 Å². The summed E-state index contributed by atoms with van der Waals surface area (Å²) in [5.74, 6) is 0.0556. The highest BCUT2D eigenvalue weighted by Crippen LogP contribution is 2.47. The van der Waals surface area contributed by atoms with Gasteiger partial charge in [-0.2, -0.15) is 0 Å². The van der Waals surface area contributed by atoms with Crippen molar-refractivity contribution in [3.63, 3.8) is 0 Å². The average molecular weight is 469 g/mol. The van der Waals surface area contributed by atoms with Gasteiger partial charge in [0.2, 0.25) is 12.7 Å². The molecule has 182 valence electrons. The monoisotopic (exact) mass is 468 g/mol. The number of carboxylic acids is 1. The Bertz CT molecular complexity index is 1020. The minimum absolute atomic E-state index is 0.0123. The zero-order valence-corrected chi connectivity index (χ0v) is 19.9. The van der Waals surface area contributed by atoms with Crippen LogP contribution in [0.5, 0.6) is 17.2 Å². The third-order valence-electron chi connectivity index (χ3n) is 6.73. The molecular formula is C26H32N2O6. The van der Waals surface area contributed by atoms with E-state index >= 15 is 0 Å². The van der Waals surface area contributed by atoms with Crippen LogP contribution in [-0.2, 0) is 9.59 Å². The number of fused-ring (bicyclic) bond motifs is 1. The van der Waals surface area contributed by atoms with Crippen molar-refractivity contribution in [1.29, 1.82) is 0 Å². The SMILES string of the molecule is CCCN(CC)C(=O)CN1CC(c2ccc3c(c2)OCO3)[C@H](C(=O)O)[C@H]1c1ccc(OC)cc1. The molecule has 0 spiro atoms. The summed E-state index contributed by atoms with van der Waals surface area (Å²) in [7, 11) is 1.60. The molecule has 8 heteroatoms. The Balaban J connectivity index is 1.71. The van der Waals surface area contributed by atoms with E-state index in [1.807, 2.05) is 66.1 Å². The number of likely N-dealkylation sites (N-methyl/N-ethyl adjacent to an activating group) is 1. The second-order valence-electron chi connectivity index (χ2n) is 8.70. The predicted octanol–water partition coefficient (Wildman–Crippen LogP) is 3.52. The van der Waals surface area contributed by atoms with Crippen molar-refractivity contribution in [3.05, 3.63) is 53.6 Å². The molecule has 8 nitrogen and oxygen atoms in total. The Kier molecular flexibility index (Phi) is 7.26. The molecular weight excluding hydrogens is 436 g/mol. The zero-order valence-electron chi connectivity index (χ0n) is 19.9. The first-order chi connectivity index (χ1) is 16.5. The molecule has 0 bridgehead atoms. The third-order valence-corrected chi connectivity index (χ3v) is 6.73. The second kappa shape index (κ2) is 10.3. The average Bonchev–Trinajstić information content (AvgIpc) is 3.46. The highest BCUT2D eigenvalue weighted by Gasteiger charge is 2.48. The molecule has 2 heterocycles. The summed E-state index contributed by atoms with van der Waals surface area (Å²) >= 11 is 0. The molecule has 1 saturated heterocycles. The van der Waals surface area contributed by atoms with Crippen LogP contribution in [0.2, 0.25) is 0 Å². The van der Waals surface area contributed by atoms with Gasteiger partial charge in [0.15, 0.2) is 11.5 Å². The summed E-state index contributed by atoms with van der Waals surface area (Å²) in [6.07, 6.45) is 0.874. The lowest BCUT2D eigenvalue weighted by Crippen LogP contribution is -2.41. The molecule has 1 N–H and O–H groups in total. The van der Waals surface area contributed by atoms with Gasteiger partial charge in [-0.25, -0.2) is 0 Å². The predicted molar refractivity (Wildman–Crippen MR) is 126 cm³/mol. The Morgan fingerprint density at radius 2 is 1.79 bits per heavy atom. The number of hydrogen-bond acceptors (Lipinski definition) is 6. The fourth-order valence-electron chi connectivity index (χ4n) is 5.08. The van der Waals surface area contributed by atoms with Gasteiger partial charge in [-0.15, -0.1) is 0 Å². The quantitative estimate of drug-likeness (QED) is 0.602. The number of carbonyl (C=O) groups excluding carboxylic acids is 1. The minimum Gasteiger partial charge on any atom is -0.497 e. The number of carboxylic acid groups (broad SMARTS) is 1. The van der Waals surface area contributed by atoms with E-state index < -0.39 is 17.9 Å². The number of rotatable bonds is 9. The molecule has 3 atom stereocenters. The van der Waals surface area contributed by atoms with Crippen molar-refractivity contribution in [2.24, 2.45) is 5.92 Å². The van der Waals surface area contributed by atoms with E-state index in [-0.39, 0.29) is 25.2 Å². The molecule has 0 aliphatic carbocycles. The van der Waals surface area contributed by atoms with Crippen LogP contribution in [0.15, 0.2) is 42.5 Å². The zero-order chi connectivity index (χ0) is 24.2. The first-order valence-electron chi connectivity index (χ1n) is 11.7. The smallest absolute Gasteiger partial charge is 0.309 e. The summed E-state index contributed by atoms with van der Waals surface area (Å²) in [6.45, 7) is 6.09. The van der Waals surface area contributed by atoms with Gasteiger partial charge in [0.1, 0.15) is 5.75 Å². The second-order valence-corrected chi connectivity index (χ2v) is 8.70. The molecule has 2 aromatic rings. The number of likely N-dealkylation sites (tertiary alicyclic amines) is 1. The van der Waals surface area contributed by atoms with Crippen molar-refractivity contribution in [2.75, 3.05) is 40.1 Å². The van der Waals surface area contributed by atoms with Crippen molar-refractivity contribution < 1.29 is 28.9 Å². The van der Waals surface area contributed by atoms with E-state index in [1.165, 1.54) is 0 Å². The van der Waals surface area contributed by atoms with Gasteiger partial charge >= 0.3 is 5.97 Å². The summed E-state index contributed by atoms with van der Waals surface area (Å²) < 4.78 is 16.3. The molecule has 1 unspecified atom stereocenters. The molecule has 34 heavy (non-hydrogen) atoms. The summed E-state index contributed by atoms with van der Waals surface area (Å²) in [5.41, 5.74) is 1.72. The van der Waals surface area contributed by atoms with E-state index in [9.17, 15) is 14.7 Å². The van der Waals surface area contributed by atoms with Gasteiger partial charge in [0, 0.05) is 31.6 Å². The van der Waals surface area contributed by atoms with Crippen molar-refractivity contribution >= 4 is 11.9 Å². The first-order valence-corrected chi connectivity index (χ1v) is 11.7. The maximum atomic E-state index is 13.2. The summed E-state index contributed by atoms with van der Waals surface area (Å²) in [5, 5.41) is 10.4. The number of hydrogen-bond donors (Lipinski definition) is 1. The highest BCUT2D eigenvalue weighted by atomic mass is 16.7. The maximum Gasteiger partial charge on any atom is 0.309 e. The minimum atomic E-state index is -0.890. The maximum absolute atomic E-state index is 13.2. The highest BCUT2D eigenvalue weighted by molar-refractivity contribution is 5.79. The molecule has 4 rings (SSSR count). The topological polar surface area (TPSA) is 88.5 Å². The van der Waals surface area contributed by atoms with Crippen LogP contribution >= 0.6 is 0 Å². The van der Waals surface area contributed by atoms with Crippen LogP contribution in [-0.4, -0.2) is 66.9 Å². The van der Waals surface area contributed by atoms with E-state index in [0.29, 0.717) is 36.9 Å². The molecule has 2 aromatic carbocycles. The summed E-state index contributed by atoms with van der Waals surface area (Å²) in [4.78, 5) is 29.6. The van der Waals surface area contributed by atoms with Gasteiger partial charge in [-0.1, -0.05) is 25.1 Å². The normalized spacial score (nSPS) is 21.4. The fourth-order valence-corrected chi connectivity index (χ4v) is 5.08. The Morgan fingerprint density at radius 1 is 1.09 bits per heavy atom. The fraction of sp³-hybridized carbons (Fsp3) is 0.462. The van der Waals surface area contributed by atoms with Crippen LogP contribution < -0.4 is 14.2 Å². The Labute approximate surface area is 200 Å². The van der Waals surface area contributed by atoms with E-state index in [4.69, 9.17) is 14.2 Å². The number of nitrogens with zero attached hydrogens (tertiary/aromatic N) is 2. The number of amides is 1. The van der Waals surface area contributed by atoms with Crippen molar-refractivity contribution in [1.82, 2.24) is 9.80 Å². The Hall–Kier alpha value is -3.26. The molecule has 0 radical (unpaired) electrons. The molecule has 2 aliphatic rings. The van der Waals surface area contributed by atoms with Crippen LogP contribution in [0.4, 0.5) is 0 Å². The van der Waals surface area contributed by atoms with Gasteiger partial charge in [-0.3, -0.25) is 14.5 Å². The van der Waals surface area contributed by atoms with E-state index in [1.54, 1.807) is 7.11 Å². The number of carbonyl (C=O) groups is 2. The van der Waals surface area contributed by atoms with Crippen LogP contribution in [0.25, 0.3) is 0 Å². The number of methoxy groups -OCH3 is 1. The molecule has 1 fully saturated rings. The standard InChI is InChI=1S/C26H32N2O6/c1-4-12-27(5-2)23(29)15-28-14-20(18-8-11-21-22(13-18)34-16-33-21)24(26(30)31)25(28)17-6-9-19(32-3)10-7-17/h6-11,13,20,24-25H,4-5,12,14-16H2,1-3H3,(H,30,31)/t20?,24-,25+/m0/s1. The van der Waals surface area contributed by atoms with Crippen LogP contribution in [0, 0.1) is 5.92 Å². The molecule has 0 saturated carbocycles. The molecule has 2 aliphatic heterocycles. The lowest BCUT2D eigenvalue weighted by molar-refractivity contribution is -0.143. The first kappa shape index (κ1) is 23.9. The third kappa shape index (κ3) is 4.68. The largest absolute Gasteiger partial charge is 0.497 e. The van der Waals surface area contributed by atoms with Gasteiger partial charge in [-0.05, 0) is 48.7 Å². The van der Waals surface area contributed by atoms with Crippen molar-refractivity contribution in [3.8, 4) is 17.2 Å². The van der Waals surface area contributed by atoms with Gasteiger partial charge in [0.05, 0.1) is 19.6 Å². The molecule has 1 amide bonds.